The highest BCUT2D eigenvalue weighted by atomic mass is 32.1. The zero-order valence-electron chi connectivity index (χ0n) is 13.2. The van der Waals surface area contributed by atoms with Crippen LogP contribution in [0.15, 0.2) is 36.7 Å². The van der Waals surface area contributed by atoms with Gasteiger partial charge in [-0.15, -0.1) is 11.3 Å². The van der Waals surface area contributed by atoms with Crippen LogP contribution in [0.25, 0.3) is 0 Å². The van der Waals surface area contributed by atoms with Gasteiger partial charge in [0.05, 0.1) is 6.10 Å². The average Bonchev–Trinajstić information content (AvgIpc) is 3.19. The van der Waals surface area contributed by atoms with Crippen LogP contribution in [0, 0.1) is 0 Å². The van der Waals surface area contributed by atoms with Crippen molar-refractivity contribution in [1.82, 2.24) is 9.88 Å². The van der Waals surface area contributed by atoms with Crippen LogP contribution in [0.5, 0.6) is 0 Å². The van der Waals surface area contributed by atoms with Crippen LogP contribution < -0.4 is 0 Å². The lowest BCUT2D eigenvalue weighted by Gasteiger charge is -2.20. The number of thiophene rings is 1. The van der Waals surface area contributed by atoms with Crippen molar-refractivity contribution in [3.63, 3.8) is 0 Å². The van der Waals surface area contributed by atoms with E-state index in [1.165, 1.54) is 34.6 Å². The minimum atomic E-state index is 0.344. The van der Waals surface area contributed by atoms with Gasteiger partial charge in [-0.25, -0.2) is 0 Å². The largest absolute Gasteiger partial charge is 0.373 e. The monoisotopic (exact) mass is 316 g/mol. The summed E-state index contributed by atoms with van der Waals surface area (Å²) in [7, 11) is 0. The second-order valence-electron chi connectivity index (χ2n) is 5.88. The molecule has 0 amide bonds. The minimum absolute atomic E-state index is 0.344. The van der Waals surface area contributed by atoms with Crippen LogP contribution in [0.1, 0.15) is 47.6 Å². The van der Waals surface area contributed by atoms with Gasteiger partial charge in [-0.1, -0.05) is 13.0 Å². The van der Waals surface area contributed by atoms with E-state index in [2.05, 4.69) is 35.0 Å². The summed E-state index contributed by atoms with van der Waals surface area (Å²) in [6, 6.07) is 8.69. The van der Waals surface area contributed by atoms with Gasteiger partial charge < -0.3 is 4.74 Å². The van der Waals surface area contributed by atoms with E-state index in [1.54, 1.807) is 0 Å². The van der Waals surface area contributed by atoms with Gasteiger partial charge in [0.25, 0.3) is 0 Å². The molecule has 3 rings (SSSR count). The van der Waals surface area contributed by atoms with Crippen LogP contribution in [-0.4, -0.2) is 23.0 Å². The Balaban J connectivity index is 1.63. The molecule has 3 nitrogen and oxygen atoms in total. The van der Waals surface area contributed by atoms with Crippen molar-refractivity contribution in [2.45, 2.75) is 45.4 Å². The van der Waals surface area contributed by atoms with Gasteiger partial charge >= 0.3 is 0 Å². The van der Waals surface area contributed by atoms with Gasteiger partial charge in [-0.2, -0.15) is 0 Å². The van der Waals surface area contributed by atoms with E-state index in [0.717, 1.165) is 26.2 Å². The highest BCUT2D eigenvalue weighted by Gasteiger charge is 2.19. The molecular weight excluding hydrogens is 292 g/mol. The number of nitrogens with zero attached hydrogens (tertiary/aromatic N) is 2. The maximum absolute atomic E-state index is 5.79. The fraction of sp³-hybridized carbons (Fsp3) is 0.500. The standard InChI is InChI=1S/C18H24N2OS/c1-2-10-20(13-15-5-3-9-19-12-15)14-16-7-8-18(22-16)17-6-4-11-21-17/h3,5,7-9,12,17H,2,4,6,10-11,13-14H2,1H3. The van der Waals surface area contributed by atoms with Crippen molar-refractivity contribution in [3.05, 3.63) is 52.0 Å². The van der Waals surface area contributed by atoms with Gasteiger partial charge in [0, 0.05) is 41.8 Å². The lowest BCUT2D eigenvalue weighted by atomic mass is 10.2. The first-order valence-corrected chi connectivity index (χ1v) is 8.98. The van der Waals surface area contributed by atoms with E-state index in [0.29, 0.717) is 6.10 Å². The summed E-state index contributed by atoms with van der Waals surface area (Å²) in [5.74, 6) is 0. The highest BCUT2D eigenvalue weighted by molar-refractivity contribution is 7.12. The van der Waals surface area contributed by atoms with E-state index in [-0.39, 0.29) is 0 Å². The van der Waals surface area contributed by atoms with E-state index in [1.807, 2.05) is 29.8 Å². The molecule has 0 saturated carbocycles. The number of rotatable bonds is 7. The third-order valence-corrected chi connectivity index (χ3v) is 5.14. The minimum Gasteiger partial charge on any atom is -0.373 e. The molecule has 0 spiro atoms. The van der Waals surface area contributed by atoms with Gasteiger partial charge in [-0.05, 0) is 49.6 Å². The number of hydrogen-bond donors (Lipinski definition) is 0. The quantitative estimate of drug-likeness (QED) is 0.756. The summed E-state index contributed by atoms with van der Waals surface area (Å²) in [4.78, 5) is 9.55. The number of pyridine rings is 1. The fourth-order valence-electron chi connectivity index (χ4n) is 2.96. The van der Waals surface area contributed by atoms with Crippen molar-refractivity contribution in [2.75, 3.05) is 13.2 Å². The van der Waals surface area contributed by atoms with E-state index < -0.39 is 0 Å². The predicted octanol–water partition coefficient (Wildman–Crippen LogP) is 4.41. The Kier molecular flexibility index (Phi) is 5.59. The second kappa shape index (κ2) is 7.86. The Hall–Kier alpha value is -1.23. The molecule has 0 aliphatic carbocycles. The third-order valence-electron chi connectivity index (χ3n) is 3.98. The molecule has 2 aromatic heterocycles. The number of aromatic nitrogens is 1. The zero-order valence-corrected chi connectivity index (χ0v) is 14.0. The smallest absolute Gasteiger partial charge is 0.0917 e. The SMILES string of the molecule is CCCN(Cc1cccnc1)Cc1ccc(C2CCCO2)s1. The van der Waals surface area contributed by atoms with Gasteiger partial charge in [0.1, 0.15) is 0 Å². The van der Waals surface area contributed by atoms with Crippen molar-refractivity contribution < 1.29 is 4.74 Å². The number of ether oxygens (including phenoxy) is 1. The molecule has 1 fully saturated rings. The van der Waals surface area contributed by atoms with Crippen LogP contribution in [0.2, 0.25) is 0 Å². The Morgan fingerprint density at radius 2 is 2.27 bits per heavy atom. The Bertz CT molecular complexity index is 563. The molecule has 0 bridgehead atoms. The van der Waals surface area contributed by atoms with E-state index in [9.17, 15) is 0 Å². The molecule has 1 aliphatic rings. The normalized spacial score (nSPS) is 18.2. The van der Waals surface area contributed by atoms with Crippen molar-refractivity contribution in [3.8, 4) is 0 Å². The Morgan fingerprint density at radius 1 is 1.32 bits per heavy atom. The molecule has 1 saturated heterocycles. The molecule has 0 aromatic carbocycles. The summed E-state index contributed by atoms with van der Waals surface area (Å²) in [6.45, 7) is 6.25. The summed E-state index contributed by atoms with van der Waals surface area (Å²) in [5, 5.41) is 0. The van der Waals surface area contributed by atoms with Crippen LogP contribution in [0.4, 0.5) is 0 Å². The molecule has 3 heterocycles. The number of hydrogen-bond acceptors (Lipinski definition) is 4. The second-order valence-corrected chi connectivity index (χ2v) is 7.08. The predicted molar refractivity (Wildman–Crippen MR) is 90.9 cm³/mol. The molecule has 1 aliphatic heterocycles. The first-order chi connectivity index (χ1) is 10.8. The molecule has 118 valence electrons. The lowest BCUT2D eigenvalue weighted by Crippen LogP contribution is -2.23. The summed E-state index contributed by atoms with van der Waals surface area (Å²) < 4.78 is 5.79. The van der Waals surface area contributed by atoms with E-state index >= 15 is 0 Å². The van der Waals surface area contributed by atoms with Crippen molar-refractivity contribution in [2.24, 2.45) is 0 Å². The molecule has 4 heteroatoms. The Labute approximate surface area is 137 Å². The Morgan fingerprint density at radius 3 is 3.00 bits per heavy atom. The summed E-state index contributed by atoms with van der Waals surface area (Å²) in [6.07, 6.45) is 7.69. The highest BCUT2D eigenvalue weighted by Crippen LogP contribution is 2.33. The van der Waals surface area contributed by atoms with Crippen LogP contribution >= 0.6 is 11.3 Å². The fourth-order valence-corrected chi connectivity index (χ4v) is 4.09. The zero-order chi connectivity index (χ0) is 15.2. The molecule has 22 heavy (non-hydrogen) atoms. The molecule has 2 aromatic rings. The van der Waals surface area contributed by atoms with Gasteiger partial charge in [-0.3, -0.25) is 9.88 Å². The van der Waals surface area contributed by atoms with Crippen molar-refractivity contribution >= 4 is 11.3 Å². The van der Waals surface area contributed by atoms with Gasteiger partial charge in [0.15, 0.2) is 0 Å². The molecule has 1 atom stereocenters. The van der Waals surface area contributed by atoms with Gasteiger partial charge in [0.2, 0.25) is 0 Å². The third kappa shape index (κ3) is 4.15. The topological polar surface area (TPSA) is 25.4 Å². The maximum Gasteiger partial charge on any atom is 0.0917 e. The first kappa shape index (κ1) is 15.7. The molecule has 0 N–H and O–H groups in total. The van der Waals surface area contributed by atoms with Crippen LogP contribution in [0.3, 0.4) is 0 Å². The summed E-state index contributed by atoms with van der Waals surface area (Å²) in [5.41, 5.74) is 1.28. The van der Waals surface area contributed by atoms with Crippen LogP contribution in [-0.2, 0) is 17.8 Å². The summed E-state index contributed by atoms with van der Waals surface area (Å²) >= 11 is 1.91. The lowest BCUT2D eigenvalue weighted by molar-refractivity contribution is 0.114. The first-order valence-electron chi connectivity index (χ1n) is 8.16. The van der Waals surface area contributed by atoms with Crippen molar-refractivity contribution in [1.29, 1.82) is 0 Å². The molecule has 0 radical (unpaired) electrons. The molecule has 1 unspecified atom stereocenters. The maximum atomic E-state index is 5.79. The van der Waals surface area contributed by atoms with E-state index in [4.69, 9.17) is 4.74 Å². The molecular formula is C18H24N2OS. The average molecular weight is 316 g/mol.